The van der Waals surface area contributed by atoms with Gasteiger partial charge in [-0.15, -0.1) is 0 Å². The molecule has 0 heterocycles. The first-order valence-corrected chi connectivity index (χ1v) is 7.00. The molecule has 0 amide bonds. The largest absolute Gasteiger partial charge is 0.505 e. The lowest BCUT2D eigenvalue weighted by Crippen LogP contribution is -2.32. The van der Waals surface area contributed by atoms with E-state index in [4.69, 9.17) is 0 Å². The number of para-hydroxylation sites is 1. The van der Waals surface area contributed by atoms with Crippen molar-refractivity contribution >= 4 is 0 Å². The highest BCUT2D eigenvalue weighted by molar-refractivity contribution is 5.33. The van der Waals surface area contributed by atoms with E-state index < -0.39 is 5.82 Å². The molecule has 2 rings (SSSR count). The van der Waals surface area contributed by atoms with E-state index in [0.29, 0.717) is 23.9 Å². The Balaban J connectivity index is 1.84. The Morgan fingerprint density at radius 2 is 1.95 bits per heavy atom. The molecule has 2 atom stereocenters. The third kappa shape index (κ3) is 3.67. The lowest BCUT2D eigenvalue weighted by atomic mass is 9.79. The van der Waals surface area contributed by atoms with Crippen molar-refractivity contribution in [1.82, 2.24) is 5.32 Å². The zero-order chi connectivity index (χ0) is 13.7. The zero-order valence-electron chi connectivity index (χ0n) is 11.1. The van der Waals surface area contributed by atoms with Gasteiger partial charge in [-0.2, -0.15) is 0 Å². The molecule has 0 saturated heterocycles. The predicted molar refractivity (Wildman–Crippen MR) is 72.3 cm³/mol. The highest BCUT2D eigenvalue weighted by Crippen LogP contribution is 2.29. The number of nitrogens with one attached hydrogen (secondary N) is 1. The smallest absolute Gasteiger partial charge is 0.165 e. The summed E-state index contributed by atoms with van der Waals surface area (Å²) in [4.78, 5) is 0. The SMILES string of the molecule is OCC1CCCCC1CNCc1cccc(F)c1O. The Morgan fingerprint density at radius 1 is 1.21 bits per heavy atom. The Kier molecular flexibility index (Phi) is 5.16. The van der Waals surface area contributed by atoms with Crippen LogP contribution < -0.4 is 5.32 Å². The number of phenolic OH excluding ortho intramolecular Hbond substituents is 1. The average Bonchev–Trinajstić information content (AvgIpc) is 2.44. The molecule has 1 aliphatic carbocycles. The molecule has 0 radical (unpaired) electrons. The molecule has 1 saturated carbocycles. The van der Waals surface area contributed by atoms with E-state index in [1.54, 1.807) is 12.1 Å². The van der Waals surface area contributed by atoms with Crippen molar-refractivity contribution < 1.29 is 14.6 Å². The van der Waals surface area contributed by atoms with Gasteiger partial charge in [-0.05, 0) is 37.3 Å². The Morgan fingerprint density at radius 3 is 2.68 bits per heavy atom. The summed E-state index contributed by atoms with van der Waals surface area (Å²) in [5.74, 6) is 0.0133. The summed E-state index contributed by atoms with van der Waals surface area (Å²) in [6.07, 6.45) is 4.64. The number of benzene rings is 1. The van der Waals surface area contributed by atoms with E-state index in [2.05, 4.69) is 5.32 Å². The first kappa shape index (κ1) is 14.3. The number of rotatable bonds is 5. The molecular weight excluding hydrogens is 245 g/mol. The van der Waals surface area contributed by atoms with Crippen LogP contribution in [0.3, 0.4) is 0 Å². The molecule has 1 fully saturated rings. The molecule has 0 aliphatic heterocycles. The standard InChI is InChI=1S/C15H22FNO2/c16-14-7-3-6-12(15(14)19)9-17-8-11-4-1-2-5-13(11)10-18/h3,6-7,11,13,17-19H,1-2,4-5,8-10H2. The van der Waals surface area contributed by atoms with Gasteiger partial charge in [-0.25, -0.2) is 4.39 Å². The highest BCUT2D eigenvalue weighted by Gasteiger charge is 2.23. The maximum atomic E-state index is 13.2. The minimum absolute atomic E-state index is 0.248. The zero-order valence-corrected chi connectivity index (χ0v) is 11.1. The van der Waals surface area contributed by atoms with E-state index >= 15 is 0 Å². The second-order valence-electron chi connectivity index (χ2n) is 5.37. The molecule has 1 aromatic rings. The van der Waals surface area contributed by atoms with Crippen LogP contribution in [-0.2, 0) is 6.54 Å². The predicted octanol–water partition coefficient (Wildman–Crippen LogP) is 2.42. The minimum Gasteiger partial charge on any atom is -0.505 e. The van der Waals surface area contributed by atoms with Gasteiger partial charge >= 0.3 is 0 Å². The van der Waals surface area contributed by atoms with Crippen LogP contribution in [0.5, 0.6) is 5.75 Å². The van der Waals surface area contributed by atoms with E-state index in [-0.39, 0.29) is 12.4 Å². The Hall–Kier alpha value is -1.13. The van der Waals surface area contributed by atoms with Gasteiger partial charge in [0.1, 0.15) is 0 Å². The Bertz CT molecular complexity index is 411. The van der Waals surface area contributed by atoms with Gasteiger partial charge in [0.25, 0.3) is 0 Å². The van der Waals surface area contributed by atoms with E-state index in [9.17, 15) is 14.6 Å². The molecule has 0 spiro atoms. The summed E-state index contributed by atoms with van der Waals surface area (Å²) < 4.78 is 13.2. The average molecular weight is 267 g/mol. The van der Waals surface area contributed by atoms with Gasteiger partial charge in [-0.1, -0.05) is 25.0 Å². The van der Waals surface area contributed by atoms with E-state index in [1.807, 2.05) is 0 Å². The highest BCUT2D eigenvalue weighted by atomic mass is 19.1. The first-order valence-electron chi connectivity index (χ1n) is 7.00. The minimum atomic E-state index is -0.579. The molecule has 0 bridgehead atoms. The summed E-state index contributed by atoms with van der Waals surface area (Å²) in [5, 5.41) is 22.2. The second-order valence-corrected chi connectivity index (χ2v) is 5.37. The fourth-order valence-electron chi connectivity index (χ4n) is 2.89. The van der Waals surface area contributed by atoms with Gasteiger partial charge in [0.15, 0.2) is 11.6 Å². The summed E-state index contributed by atoms with van der Waals surface area (Å²) in [5.41, 5.74) is 0.580. The molecule has 3 nitrogen and oxygen atoms in total. The van der Waals surface area contributed by atoms with Crippen molar-refractivity contribution in [3.05, 3.63) is 29.6 Å². The fraction of sp³-hybridized carbons (Fsp3) is 0.600. The summed E-state index contributed by atoms with van der Waals surface area (Å²) in [6.45, 7) is 1.51. The van der Waals surface area contributed by atoms with Crippen molar-refractivity contribution in [3.63, 3.8) is 0 Å². The van der Waals surface area contributed by atoms with Crippen molar-refractivity contribution in [2.45, 2.75) is 32.2 Å². The third-order valence-electron chi connectivity index (χ3n) is 4.09. The van der Waals surface area contributed by atoms with Gasteiger partial charge in [0, 0.05) is 18.7 Å². The molecule has 0 aromatic heterocycles. The van der Waals surface area contributed by atoms with Gasteiger partial charge in [0.2, 0.25) is 0 Å². The van der Waals surface area contributed by atoms with Crippen molar-refractivity contribution in [2.24, 2.45) is 11.8 Å². The first-order chi connectivity index (χ1) is 9.22. The molecule has 1 aliphatic rings. The van der Waals surface area contributed by atoms with Crippen LogP contribution in [0, 0.1) is 17.7 Å². The van der Waals surface area contributed by atoms with Crippen LogP contribution in [0.2, 0.25) is 0 Å². The summed E-state index contributed by atoms with van der Waals surface area (Å²) >= 11 is 0. The number of phenols is 1. The van der Waals surface area contributed by atoms with Crippen molar-refractivity contribution in [3.8, 4) is 5.75 Å². The lowest BCUT2D eigenvalue weighted by Gasteiger charge is -2.30. The topological polar surface area (TPSA) is 52.5 Å². The molecule has 2 unspecified atom stereocenters. The second kappa shape index (κ2) is 6.87. The van der Waals surface area contributed by atoms with Gasteiger partial charge in [0.05, 0.1) is 0 Å². The third-order valence-corrected chi connectivity index (χ3v) is 4.09. The number of aliphatic hydroxyl groups excluding tert-OH is 1. The molecule has 1 aromatic carbocycles. The number of hydrogen-bond acceptors (Lipinski definition) is 3. The Labute approximate surface area is 113 Å². The van der Waals surface area contributed by atoms with Crippen LogP contribution in [-0.4, -0.2) is 23.4 Å². The van der Waals surface area contributed by atoms with Gasteiger partial charge < -0.3 is 15.5 Å². The lowest BCUT2D eigenvalue weighted by molar-refractivity contribution is 0.133. The molecule has 19 heavy (non-hydrogen) atoms. The maximum Gasteiger partial charge on any atom is 0.165 e. The van der Waals surface area contributed by atoms with Crippen LogP contribution in [0.1, 0.15) is 31.2 Å². The van der Waals surface area contributed by atoms with Crippen molar-refractivity contribution in [1.29, 1.82) is 0 Å². The molecule has 106 valence electrons. The normalized spacial score (nSPS) is 23.5. The number of hydrogen-bond donors (Lipinski definition) is 3. The van der Waals surface area contributed by atoms with E-state index in [0.717, 1.165) is 19.4 Å². The quantitative estimate of drug-likeness (QED) is 0.768. The number of aliphatic hydroxyl groups is 1. The van der Waals surface area contributed by atoms with Crippen molar-refractivity contribution in [2.75, 3.05) is 13.2 Å². The van der Waals surface area contributed by atoms with Crippen LogP contribution in [0.4, 0.5) is 4.39 Å². The number of aromatic hydroxyl groups is 1. The van der Waals surface area contributed by atoms with Crippen LogP contribution in [0.25, 0.3) is 0 Å². The van der Waals surface area contributed by atoms with Crippen LogP contribution in [0.15, 0.2) is 18.2 Å². The van der Waals surface area contributed by atoms with E-state index in [1.165, 1.54) is 18.9 Å². The monoisotopic (exact) mass is 267 g/mol. The summed E-state index contributed by atoms with van der Waals surface area (Å²) in [6, 6.07) is 4.57. The molecule has 3 N–H and O–H groups in total. The summed E-state index contributed by atoms with van der Waals surface area (Å²) in [7, 11) is 0. The molecular formula is C15H22FNO2. The molecule has 4 heteroatoms. The fourth-order valence-corrected chi connectivity index (χ4v) is 2.89. The van der Waals surface area contributed by atoms with Crippen LogP contribution >= 0.6 is 0 Å². The number of halogens is 1. The van der Waals surface area contributed by atoms with Gasteiger partial charge in [-0.3, -0.25) is 0 Å². The maximum absolute atomic E-state index is 13.2.